The average molecular weight is 272 g/mol. The highest BCUT2D eigenvalue weighted by Gasteiger charge is 2.16. The molecule has 0 saturated carbocycles. The van der Waals surface area contributed by atoms with Crippen LogP contribution in [0.5, 0.6) is 0 Å². The number of hydrogen-bond acceptors (Lipinski definition) is 5. The second kappa shape index (κ2) is 10.6. The first kappa shape index (κ1) is 17.6. The molecule has 0 aromatic carbocycles. The Hall–Kier alpha value is -1.36. The Bertz CT molecular complexity index is 296. The molecule has 0 aliphatic rings. The first-order chi connectivity index (χ1) is 8.99. The Balaban J connectivity index is 3.65. The second-order valence-corrected chi connectivity index (χ2v) is 4.57. The zero-order chi connectivity index (χ0) is 14.7. The lowest BCUT2D eigenvalue weighted by molar-refractivity contribution is -0.260. The van der Waals surface area contributed by atoms with E-state index in [0.717, 1.165) is 19.3 Å². The largest absolute Gasteiger partial charge is 0.383 e. The van der Waals surface area contributed by atoms with Gasteiger partial charge in [0.1, 0.15) is 0 Å². The van der Waals surface area contributed by atoms with Gasteiger partial charge in [-0.1, -0.05) is 45.6 Å². The highest BCUT2D eigenvalue weighted by molar-refractivity contribution is 5.87. The van der Waals surface area contributed by atoms with E-state index >= 15 is 0 Å². The summed E-state index contributed by atoms with van der Waals surface area (Å²) in [6.45, 7) is 6.97. The molecule has 0 aliphatic carbocycles. The van der Waals surface area contributed by atoms with Gasteiger partial charge in [-0.05, 0) is 19.8 Å². The van der Waals surface area contributed by atoms with Gasteiger partial charge in [-0.25, -0.2) is 19.4 Å². The lowest BCUT2D eigenvalue weighted by atomic mass is 10.1. The molecule has 0 aromatic rings. The van der Waals surface area contributed by atoms with E-state index in [1.54, 1.807) is 0 Å². The first-order valence-electron chi connectivity index (χ1n) is 6.77. The minimum absolute atomic E-state index is 0.272. The number of aliphatic hydroxyl groups excluding tert-OH is 1. The quantitative estimate of drug-likeness (QED) is 0.302. The Kier molecular flexibility index (Phi) is 9.80. The molecule has 0 spiro atoms. The van der Waals surface area contributed by atoms with Gasteiger partial charge in [0, 0.05) is 5.57 Å². The van der Waals surface area contributed by atoms with Crippen molar-refractivity contribution in [1.82, 2.24) is 0 Å². The zero-order valence-electron chi connectivity index (χ0n) is 11.8. The molecule has 0 saturated heterocycles. The van der Waals surface area contributed by atoms with Crippen LogP contribution in [0, 0.1) is 0 Å². The molecule has 1 atom stereocenters. The highest BCUT2D eigenvalue weighted by Crippen LogP contribution is 2.11. The lowest BCUT2D eigenvalue weighted by Crippen LogP contribution is -2.21. The van der Waals surface area contributed by atoms with Gasteiger partial charge in [0.25, 0.3) is 0 Å². The number of aliphatic hydroxyl groups is 1. The molecule has 1 unspecified atom stereocenters. The molecule has 5 heteroatoms. The number of carbonyl (C=O) groups is 2. The Labute approximate surface area is 114 Å². The maximum atomic E-state index is 11.4. The molecule has 0 aliphatic heterocycles. The summed E-state index contributed by atoms with van der Waals surface area (Å²) in [5, 5.41) is 8.83. The van der Waals surface area contributed by atoms with E-state index in [2.05, 4.69) is 23.3 Å². The van der Waals surface area contributed by atoms with Crippen molar-refractivity contribution in [2.75, 3.05) is 0 Å². The summed E-state index contributed by atoms with van der Waals surface area (Å²) in [5.74, 6) is -1.76. The third-order valence-corrected chi connectivity index (χ3v) is 2.66. The molecular weight excluding hydrogens is 248 g/mol. The van der Waals surface area contributed by atoms with E-state index in [1.807, 2.05) is 0 Å². The average Bonchev–Trinajstić information content (AvgIpc) is 2.38. The Morgan fingerprint density at radius 2 is 1.68 bits per heavy atom. The highest BCUT2D eigenvalue weighted by atomic mass is 17.2. The summed E-state index contributed by atoms with van der Waals surface area (Å²) >= 11 is 0. The van der Waals surface area contributed by atoms with Gasteiger partial charge in [-0.2, -0.15) is 0 Å². The standard InChI is InChI=1S/C14H24O5/c1-4-5-6-7-8-9-10-11(2)13(16)18-19-14(17)12(3)15/h12,15H,2,4-10H2,1,3H3. The molecule has 0 heterocycles. The van der Waals surface area contributed by atoms with Crippen molar-refractivity contribution in [3.05, 3.63) is 12.2 Å². The van der Waals surface area contributed by atoms with Crippen molar-refractivity contribution >= 4 is 11.9 Å². The van der Waals surface area contributed by atoms with Gasteiger partial charge in [0.05, 0.1) is 0 Å². The summed E-state index contributed by atoms with van der Waals surface area (Å²) in [5.41, 5.74) is 0.272. The van der Waals surface area contributed by atoms with Crippen LogP contribution in [-0.2, 0) is 19.4 Å². The molecular formula is C14H24O5. The van der Waals surface area contributed by atoms with Crippen LogP contribution in [0.2, 0.25) is 0 Å². The summed E-state index contributed by atoms with van der Waals surface area (Å²) in [6.07, 6.45) is 5.90. The number of unbranched alkanes of at least 4 members (excludes halogenated alkanes) is 5. The zero-order valence-corrected chi connectivity index (χ0v) is 11.8. The molecule has 0 radical (unpaired) electrons. The molecule has 0 aromatic heterocycles. The van der Waals surface area contributed by atoms with Crippen LogP contribution in [0.1, 0.15) is 58.8 Å². The fraction of sp³-hybridized carbons (Fsp3) is 0.714. The topological polar surface area (TPSA) is 72.8 Å². The fourth-order valence-electron chi connectivity index (χ4n) is 1.43. The summed E-state index contributed by atoms with van der Waals surface area (Å²) in [7, 11) is 0. The molecule has 110 valence electrons. The molecule has 0 rings (SSSR count). The number of hydrogen-bond donors (Lipinski definition) is 1. The van der Waals surface area contributed by atoms with Crippen molar-refractivity contribution < 1.29 is 24.5 Å². The smallest absolute Gasteiger partial charge is 0.382 e. The predicted octanol–water partition coefficient (Wildman–Crippen LogP) is 2.68. The number of carbonyl (C=O) groups excluding carboxylic acids is 2. The first-order valence-corrected chi connectivity index (χ1v) is 6.77. The Morgan fingerprint density at radius 3 is 2.26 bits per heavy atom. The third kappa shape index (κ3) is 9.25. The van der Waals surface area contributed by atoms with Crippen LogP contribution in [0.4, 0.5) is 0 Å². The van der Waals surface area contributed by atoms with E-state index in [9.17, 15) is 9.59 Å². The van der Waals surface area contributed by atoms with Crippen molar-refractivity contribution in [2.24, 2.45) is 0 Å². The summed E-state index contributed by atoms with van der Waals surface area (Å²) < 4.78 is 0. The lowest BCUT2D eigenvalue weighted by Gasteiger charge is -2.06. The molecule has 0 bridgehead atoms. The minimum atomic E-state index is -1.32. The molecule has 1 N–H and O–H groups in total. The normalized spacial score (nSPS) is 11.7. The van der Waals surface area contributed by atoms with Crippen molar-refractivity contribution in [1.29, 1.82) is 0 Å². The van der Waals surface area contributed by atoms with Crippen LogP contribution < -0.4 is 0 Å². The van der Waals surface area contributed by atoms with E-state index < -0.39 is 18.0 Å². The SMILES string of the molecule is C=C(CCCCCCCC)C(=O)OOC(=O)C(C)O. The molecule has 19 heavy (non-hydrogen) atoms. The van der Waals surface area contributed by atoms with Crippen molar-refractivity contribution in [3.8, 4) is 0 Å². The second-order valence-electron chi connectivity index (χ2n) is 4.57. The molecule has 5 nitrogen and oxygen atoms in total. The minimum Gasteiger partial charge on any atom is -0.382 e. The van der Waals surface area contributed by atoms with Crippen LogP contribution in [-0.4, -0.2) is 23.1 Å². The van der Waals surface area contributed by atoms with E-state index in [1.165, 1.54) is 26.2 Å². The van der Waals surface area contributed by atoms with Gasteiger partial charge >= 0.3 is 11.9 Å². The van der Waals surface area contributed by atoms with Crippen molar-refractivity contribution in [2.45, 2.75) is 64.9 Å². The monoisotopic (exact) mass is 272 g/mol. The van der Waals surface area contributed by atoms with E-state index in [-0.39, 0.29) is 5.57 Å². The van der Waals surface area contributed by atoms with Gasteiger partial charge < -0.3 is 5.11 Å². The molecule has 0 amide bonds. The van der Waals surface area contributed by atoms with Crippen LogP contribution in [0.15, 0.2) is 12.2 Å². The maximum absolute atomic E-state index is 11.4. The predicted molar refractivity (Wildman–Crippen MR) is 71.0 cm³/mol. The van der Waals surface area contributed by atoms with Gasteiger partial charge in [0.2, 0.25) is 0 Å². The van der Waals surface area contributed by atoms with Crippen LogP contribution in [0.25, 0.3) is 0 Å². The van der Waals surface area contributed by atoms with Gasteiger partial charge in [0.15, 0.2) is 6.10 Å². The number of rotatable bonds is 9. The maximum Gasteiger partial charge on any atom is 0.383 e. The summed E-state index contributed by atoms with van der Waals surface area (Å²) in [4.78, 5) is 30.6. The molecule has 0 fully saturated rings. The van der Waals surface area contributed by atoms with E-state index in [0.29, 0.717) is 6.42 Å². The van der Waals surface area contributed by atoms with Gasteiger partial charge in [-0.15, -0.1) is 0 Å². The Morgan fingerprint density at radius 1 is 1.11 bits per heavy atom. The third-order valence-electron chi connectivity index (χ3n) is 2.66. The van der Waals surface area contributed by atoms with Gasteiger partial charge in [-0.3, -0.25) is 0 Å². The summed E-state index contributed by atoms with van der Waals surface area (Å²) in [6, 6.07) is 0. The fourth-order valence-corrected chi connectivity index (χ4v) is 1.43. The van der Waals surface area contributed by atoms with E-state index in [4.69, 9.17) is 5.11 Å². The van der Waals surface area contributed by atoms with Crippen LogP contribution in [0.3, 0.4) is 0 Å². The van der Waals surface area contributed by atoms with Crippen LogP contribution >= 0.6 is 0 Å². The van der Waals surface area contributed by atoms with Crippen molar-refractivity contribution in [3.63, 3.8) is 0 Å².